The molecule has 0 aliphatic carbocycles. The largest absolute Gasteiger partial charge is 0.382 e. The van der Waals surface area contributed by atoms with Gasteiger partial charge in [0.05, 0.1) is 25.4 Å². The normalized spacial score (nSPS) is 25.4. The van der Waals surface area contributed by atoms with E-state index in [1.54, 1.807) is 16.8 Å². The van der Waals surface area contributed by atoms with Gasteiger partial charge >= 0.3 is 0 Å². The molecule has 0 amide bonds. The Bertz CT molecular complexity index is 1110. The van der Waals surface area contributed by atoms with E-state index in [2.05, 4.69) is 26.9 Å². The molecule has 0 aromatic carbocycles. The highest BCUT2D eigenvalue weighted by Gasteiger charge is 2.30. The maximum Gasteiger partial charge on any atom is 0.166 e. The number of halogens is 1. The van der Waals surface area contributed by atoms with Crippen molar-refractivity contribution in [2.24, 2.45) is 0 Å². The summed E-state index contributed by atoms with van der Waals surface area (Å²) in [6, 6.07) is 2.60. The van der Waals surface area contributed by atoms with Crippen molar-refractivity contribution in [3.05, 3.63) is 59.9 Å². The molecule has 1 fully saturated rings. The van der Waals surface area contributed by atoms with Gasteiger partial charge in [0.1, 0.15) is 11.6 Å². The van der Waals surface area contributed by atoms with E-state index in [-0.39, 0.29) is 11.9 Å². The summed E-state index contributed by atoms with van der Waals surface area (Å²) in [7, 11) is 0. The molecular weight excluding hydrogens is 355 g/mol. The second kappa shape index (κ2) is 6.58. The zero-order valence-electron chi connectivity index (χ0n) is 16.8. The van der Waals surface area contributed by atoms with Gasteiger partial charge in [-0.05, 0) is 50.3 Å². The smallest absolute Gasteiger partial charge is 0.166 e. The number of fused-ring (bicyclic) bond motifs is 5. The number of nitrogens with one attached hydrogen (secondary N) is 1. The lowest BCUT2D eigenvalue weighted by Gasteiger charge is -2.27. The van der Waals surface area contributed by atoms with E-state index in [4.69, 9.17) is 6.35 Å². The van der Waals surface area contributed by atoms with Gasteiger partial charge in [0.2, 0.25) is 0 Å². The highest BCUT2D eigenvalue weighted by atomic mass is 19.1. The number of pyridine rings is 1. The lowest BCUT2D eigenvalue weighted by molar-refractivity contribution is 0.575. The van der Waals surface area contributed by atoms with Gasteiger partial charge < -0.3 is 10.2 Å². The van der Waals surface area contributed by atoms with Crippen LogP contribution >= 0.6 is 0 Å². The fourth-order valence-electron chi connectivity index (χ4n) is 4.27. The van der Waals surface area contributed by atoms with E-state index < -0.39 is 6.02 Å². The highest BCUT2D eigenvalue weighted by Crippen LogP contribution is 2.37. The molecule has 2 atom stereocenters. The van der Waals surface area contributed by atoms with Crippen molar-refractivity contribution in [1.29, 1.82) is 0 Å². The molecule has 0 radical (unpaired) electrons. The van der Waals surface area contributed by atoms with E-state index in [1.807, 2.05) is 19.2 Å². The molecule has 1 N–H and O–H groups in total. The molecule has 0 saturated carbocycles. The van der Waals surface area contributed by atoms with Crippen LogP contribution in [0.15, 0.2) is 37.3 Å². The first-order valence-electron chi connectivity index (χ1n) is 10.1. The number of rotatable bonds is 0. The van der Waals surface area contributed by atoms with Crippen molar-refractivity contribution in [2.45, 2.75) is 44.7 Å². The average Bonchev–Trinajstić information content (AvgIpc) is 3.32. The summed E-state index contributed by atoms with van der Waals surface area (Å²) in [5, 5.41) is 7.58. The molecule has 5 rings (SSSR count). The predicted molar refractivity (Wildman–Crippen MR) is 106 cm³/mol. The van der Waals surface area contributed by atoms with E-state index in [0.717, 1.165) is 42.0 Å². The molecule has 6 nitrogen and oxygen atoms in total. The van der Waals surface area contributed by atoms with Crippen LogP contribution in [0, 0.1) is 5.82 Å². The molecular formula is C21H23FN6. The summed E-state index contributed by atoms with van der Waals surface area (Å²) in [6.45, 7) is 6.79. The quantitative estimate of drug-likeness (QED) is 0.648. The van der Waals surface area contributed by atoms with Gasteiger partial charge in [0.25, 0.3) is 0 Å². The first-order valence-corrected chi connectivity index (χ1v) is 9.64. The fraction of sp³-hybridized carbons (Fsp3) is 0.381. The second-order valence-corrected chi connectivity index (χ2v) is 7.54. The average molecular weight is 379 g/mol. The van der Waals surface area contributed by atoms with Crippen LogP contribution in [0.4, 0.5) is 10.2 Å². The molecule has 2 aliphatic rings. The molecule has 1 saturated heterocycles. The van der Waals surface area contributed by atoms with Gasteiger partial charge in [0.15, 0.2) is 5.65 Å². The lowest BCUT2D eigenvalue weighted by Crippen LogP contribution is -2.26. The number of hydrogen-bond donors (Lipinski definition) is 1. The summed E-state index contributed by atoms with van der Waals surface area (Å²) < 4.78 is 24.6. The number of aromatic nitrogens is 4. The molecule has 28 heavy (non-hydrogen) atoms. The topological polar surface area (TPSA) is 58.4 Å². The van der Waals surface area contributed by atoms with Gasteiger partial charge in [-0.3, -0.25) is 4.98 Å². The first kappa shape index (κ1) is 16.0. The van der Waals surface area contributed by atoms with Crippen LogP contribution in [-0.2, 0) is 6.42 Å². The second-order valence-electron chi connectivity index (χ2n) is 7.54. The van der Waals surface area contributed by atoms with Crippen LogP contribution in [-0.4, -0.2) is 32.1 Å². The Morgan fingerprint density at radius 3 is 3.14 bits per heavy atom. The molecule has 0 spiro atoms. The third kappa shape index (κ3) is 2.82. The van der Waals surface area contributed by atoms with Gasteiger partial charge in [-0.25, -0.2) is 13.9 Å². The Hall–Kier alpha value is -2.96. The van der Waals surface area contributed by atoms with Crippen molar-refractivity contribution in [1.82, 2.24) is 24.9 Å². The minimum Gasteiger partial charge on any atom is -0.382 e. The molecule has 2 bridgehead atoms. The van der Waals surface area contributed by atoms with Crippen molar-refractivity contribution in [3.63, 3.8) is 0 Å². The highest BCUT2D eigenvalue weighted by molar-refractivity contribution is 5.74. The minimum absolute atomic E-state index is 0.0171. The van der Waals surface area contributed by atoms with Crippen LogP contribution in [0.25, 0.3) is 11.3 Å². The van der Waals surface area contributed by atoms with Crippen LogP contribution in [0.2, 0.25) is 0 Å². The van der Waals surface area contributed by atoms with E-state index in [9.17, 15) is 4.39 Å². The molecule has 3 aromatic rings. The Kier molecular flexibility index (Phi) is 3.77. The number of hydrogen-bond acceptors (Lipinski definition) is 5. The van der Waals surface area contributed by atoms with E-state index >= 15 is 0 Å². The molecule has 3 aromatic heterocycles. The maximum absolute atomic E-state index is 14.1. The lowest BCUT2D eigenvalue weighted by atomic mass is 9.98. The van der Waals surface area contributed by atoms with Crippen LogP contribution in [0.5, 0.6) is 0 Å². The minimum atomic E-state index is -0.959. The number of aryl methyl sites for hydroxylation is 1. The summed E-state index contributed by atoms with van der Waals surface area (Å²) in [5.74, 6) is 0.499. The molecule has 2 aliphatic heterocycles. The Morgan fingerprint density at radius 1 is 1.36 bits per heavy atom. The summed E-state index contributed by atoms with van der Waals surface area (Å²) in [6.07, 6.45) is 7.89. The van der Waals surface area contributed by atoms with Crippen molar-refractivity contribution in [2.75, 3.05) is 11.4 Å². The van der Waals surface area contributed by atoms with E-state index in [0.29, 0.717) is 24.2 Å². The van der Waals surface area contributed by atoms with Crippen LogP contribution in [0.3, 0.4) is 0 Å². The SMILES string of the molecule is [2H][C@]1(C)CCc2ncc(F)cc2[C@H]2CCCN2c2ccn3ncc(c3n2)C(=C)N1. The van der Waals surface area contributed by atoms with Crippen molar-refractivity contribution >= 4 is 17.2 Å². The van der Waals surface area contributed by atoms with Crippen LogP contribution in [0.1, 0.15) is 50.4 Å². The van der Waals surface area contributed by atoms with Gasteiger partial charge in [-0.1, -0.05) is 6.58 Å². The van der Waals surface area contributed by atoms with Crippen molar-refractivity contribution < 1.29 is 5.76 Å². The number of anilines is 1. The maximum atomic E-state index is 14.1. The molecule has 7 heteroatoms. The summed E-state index contributed by atoms with van der Waals surface area (Å²) >= 11 is 0. The van der Waals surface area contributed by atoms with Crippen LogP contribution < -0.4 is 10.2 Å². The molecule has 0 unspecified atom stereocenters. The molecule has 5 heterocycles. The zero-order chi connectivity index (χ0) is 20.2. The fourth-order valence-corrected chi connectivity index (χ4v) is 4.27. The first-order chi connectivity index (χ1) is 13.9. The predicted octanol–water partition coefficient (Wildman–Crippen LogP) is 3.50. The van der Waals surface area contributed by atoms with Gasteiger partial charge in [0, 0.05) is 30.2 Å². The number of nitrogens with zero attached hydrogens (tertiary/aromatic N) is 5. The van der Waals surface area contributed by atoms with Gasteiger partial charge in [-0.15, -0.1) is 0 Å². The Balaban J connectivity index is 1.70. The third-order valence-corrected chi connectivity index (χ3v) is 5.66. The van der Waals surface area contributed by atoms with E-state index in [1.165, 1.54) is 6.20 Å². The zero-order valence-corrected chi connectivity index (χ0v) is 15.8. The third-order valence-electron chi connectivity index (χ3n) is 5.66. The Labute approximate surface area is 164 Å². The summed E-state index contributed by atoms with van der Waals surface area (Å²) in [5.41, 5.74) is 3.83. The van der Waals surface area contributed by atoms with Gasteiger partial charge in [-0.2, -0.15) is 5.10 Å². The standard InChI is InChI=1S/C21H23FN6/c1-13-5-6-18-16(10-15(22)11-23-18)19-4-3-8-27(19)20-7-9-28-21(26-20)17(12-24-28)14(2)25-13/h7,9-13,19,25H,2-6,8H2,1H3/t13-,19+/m0/s1/i13D. The Morgan fingerprint density at radius 2 is 2.25 bits per heavy atom. The van der Waals surface area contributed by atoms with Crippen molar-refractivity contribution in [3.8, 4) is 0 Å². The molecule has 144 valence electrons. The summed E-state index contributed by atoms with van der Waals surface area (Å²) in [4.78, 5) is 11.5. The monoisotopic (exact) mass is 379 g/mol.